The molecule has 4 rings (SSSR count). The van der Waals surface area contributed by atoms with E-state index in [-0.39, 0.29) is 36.2 Å². The highest BCUT2D eigenvalue weighted by molar-refractivity contribution is 5.99. The number of fused-ring (bicyclic) bond motifs is 1. The maximum absolute atomic E-state index is 14.9. The lowest BCUT2D eigenvalue weighted by Gasteiger charge is -2.39. The summed E-state index contributed by atoms with van der Waals surface area (Å²) in [6, 6.07) is -0.0695. The molecule has 0 saturated heterocycles. The van der Waals surface area contributed by atoms with E-state index in [1.165, 1.54) is 12.0 Å². The van der Waals surface area contributed by atoms with Crippen molar-refractivity contribution in [2.75, 3.05) is 13.7 Å². The molecule has 0 unspecified atom stereocenters. The SMILES string of the molecule is COCC[C@H]([C@@H]1C[C@H]1C(=O)N[C@@H]1CC(C)(C)Oc2c(C(F)(F)F)ccc(F)c21)N1C(=O)CC(C)(C)N=C1N. The van der Waals surface area contributed by atoms with Crippen LogP contribution in [0.2, 0.25) is 0 Å². The van der Waals surface area contributed by atoms with E-state index in [0.717, 1.165) is 6.07 Å². The molecule has 1 saturated carbocycles. The molecule has 4 atom stereocenters. The van der Waals surface area contributed by atoms with Crippen LogP contribution in [0.1, 0.15) is 70.5 Å². The van der Waals surface area contributed by atoms with E-state index >= 15 is 0 Å². The van der Waals surface area contributed by atoms with Crippen molar-refractivity contribution in [1.82, 2.24) is 10.2 Å². The molecule has 2 aliphatic heterocycles. The summed E-state index contributed by atoms with van der Waals surface area (Å²) >= 11 is 0. The smallest absolute Gasteiger partial charge is 0.419 e. The van der Waals surface area contributed by atoms with Crippen LogP contribution < -0.4 is 15.8 Å². The van der Waals surface area contributed by atoms with Crippen molar-refractivity contribution >= 4 is 17.8 Å². The molecule has 0 spiro atoms. The van der Waals surface area contributed by atoms with Crippen molar-refractivity contribution in [2.45, 2.75) is 82.8 Å². The lowest BCUT2D eigenvalue weighted by atomic mass is 9.87. The number of methoxy groups -OCH3 is 1. The Morgan fingerprint density at radius 1 is 1.32 bits per heavy atom. The molecule has 1 aliphatic carbocycles. The number of hydrogen-bond donors (Lipinski definition) is 2. The van der Waals surface area contributed by atoms with Gasteiger partial charge in [0.2, 0.25) is 11.8 Å². The fourth-order valence-electron chi connectivity index (χ4n) is 5.60. The normalized spacial score (nSPS) is 26.7. The van der Waals surface area contributed by atoms with Crippen LogP contribution >= 0.6 is 0 Å². The minimum atomic E-state index is -4.76. The molecule has 8 nitrogen and oxygen atoms in total. The number of benzene rings is 1. The number of hydrogen-bond acceptors (Lipinski definition) is 6. The van der Waals surface area contributed by atoms with E-state index in [4.69, 9.17) is 15.2 Å². The first-order chi connectivity index (χ1) is 17.5. The molecule has 2 amide bonds. The van der Waals surface area contributed by atoms with E-state index in [1.807, 2.05) is 13.8 Å². The molecule has 1 aromatic carbocycles. The largest absolute Gasteiger partial charge is 0.487 e. The van der Waals surface area contributed by atoms with E-state index in [2.05, 4.69) is 10.3 Å². The number of guanidine groups is 1. The van der Waals surface area contributed by atoms with Crippen LogP contribution in [-0.4, -0.2) is 53.6 Å². The molecule has 0 aromatic heterocycles. The molecule has 210 valence electrons. The molecular formula is C26H34F4N4O4. The van der Waals surface area contributed by atoms with Gasteiger partial charge in [-0.1, -0.05) is 0 Å². The quantitative estimate of drug-likeness (QED) is 0.508. The van der Waals surface area contributed by atoms with E-state index in [1.54, 1.807) is 13.8 Å². The summed E-state index contributed by atoms with van der Waals surface area (Å²) in [5.74, 6) is -2.82. The Morgan fingerprint density at radius 3 is 2.61 bits per heavy atom. The predicted octanol–water partition coefficient (Wildman–Crippen LogP) is 3.93. The average Bonchev–Trinajstić information content (AvgIpc) is 3.53. The molecule has 12 heteroatoms. The Hall–Kier alpha value is -2.89. The second-order valence-corrected chi connectivity index (χ2v) is 11.5. The zero-order valence-electron chi connectivity index (χ0n) is 22.1. The maximum atomic E-state index is 14.9. The van der Waals surface area contributed by atoms with Gasteiger partial charge in [-0.05, 0) is 58.6 Å². The number of halogens is 4. The standard InChI is InChI=1S/C26H34F4N4O4/c1-24(2)12-19(35)34(23(31)33-24)18(8-9-37-5)13-10-14(13)22(36)32-17-11-25(3,4)38-21-15(26(28,29)30)6-7-16(27)20(17)21/h6-7,13-14,17-18H,8-12H2,1-5H3,(H2,31,33)(H,32,36)/t13-,14-,17-,18-/m1/s1. The van der Waals surface area contributed by atoms with Crippen molar-refractivity contribution < 1.29 is 36.6 Å². The fraction of sp³-hybridized carbons (Fsp3) is 0.654. The highest BCUT2D eigenvalue weighted by Gasteiger charge is 2.53. The van der Waals surface area contributed by atoms with Crippen LogP contribution in [0.15, 0.2) is 17.1 Å². The number of nitrogens with one attached hydrogen (secondary N) is 1. The Bertz CT molecular complexity index is 1150. The van der Waals surface area contributed by atoms with Crippen molar-refractivity contribution in [3.63, 3.8) is 0 Å². The molecular weight excluding hydrogens is 508 g/mol. The van der Waals surface area contributed by atoms with Crippen LogP contribution in [0.5, 0.6) is 5.75 Å². The zero-order valence-corrected chi connectivity index (χ0v) is 22.1. The number of carbonyl (C=O) groups is 2. The first kappa shape index (κ1) is 28.1. The van der Waals surface area contributed by atoms with E-state index in [0.29, 0.717) is 25.5 Å². The topological polar surface area (TPSA) is 106 Å². The molecule has 3 aliphatic rings. The maximum Gasteiger partial charge on any atom is 0.419 e. The Morgan fingerprint density at radius 2 is 2.00 bits per heavy atom. The Kier molecular flexibility index (Phi) is 7.17. The second kappa shape index (κ2) is 9.69. The third-order valence-corrected chi connectivity index (χ3v) is 7.32. The molecule has 1 fully saturated rings. The van der Waals surface area contributed by atoms with Gasteiger partial charge in [-0.3, -0.25) is 14.5 Å². The molecule has 38 heavy (non-hydrogen) atoms. The van der Waals surface area contributed by atoms with Gasteiger partial charge in [0.1, 0.15) is 17.2 Å². The predicted molar refractivity (Wildman–Crippen MR) is 131 cm³/mol. The minimum Gasteiger partial charge on any atom is -0.487 e. The summed E-state index contributed by atoms with van der Waals surface area (Å²) in [7, 11) is 1.53. The summed E-state index contributed by atoms with van der Waals surface area (Å²) in [5.41, 5.74) is 3.05. The van der Waals surface area contributed by atoms with Gasteiger partial charge in [0.25, 0.3) is 0 Å². The third kappa shape index (κ3) is 5.60. The zero-order chi connectivity index (χ0) is 28.2. The number of nitrogens with two attached hydrogens (primary N) is 1. The van der Waals surface area contributed by atoms with Gasteiger partial charge in [-0.25, -0.2) is 9.38 Å². The molecule has 2 heterocycles. The van der Waals surface area contributed by atoms with Crippen molar-refractivity contribution in [1.29, 1.82) is 0 Å². The minimum absolute atomic E-state index is 0.0771. The van der Waals surface area contributed by atoms with Gasteiger partial charge in [0, 0.05) is 32.1 Å². The molecule has 0 bridgehead atoms. The number of ether oxygens (including phenoxy) is 2. The van der Waals surface area contributed by atoms with Crippen LogP contribution in [0, 0.1) is 17.7 Å². The number of rotatable bonds is 7. The van der Waals surface area contributed by atoms with E-state index in [9.17, 15) is 27.2 Å². The number of aliphatic imine (C=N–C) groups is 1. The van der Waals surface area contributed by atoms with Gasteiger partial charge in [0.05, 0.1) is 29.1 Å². The lowest BCUT2D eigenvalue weighted by Crippen LogP contribution is -2.55. The highest BCUT2D eigenvalue weighted by atomic mass is 19.4. The Labute approximate surface area is 218 Å². The molecule has 0 radical (unpaired) electrons. The third-order valence-electron chi connectivity index (χ3n) is 7.32. The molecule has 1 aromatic rings. The lowest BCUT2D eigenvalue weighted by molar-refractivity contribution is -0.140. The summed E-state index contributed by atoms with van der Waals surface area (Å²) in [4.78, 5) is 32.2. The summed E-state index contributed by atoms with van der Waals surface area (Å²) in [6.07, 6.45) is -3.66. The number of amides is 2. The monoisotopic (exact) mass is 542 g/mol. The van der Waals surface area contributed by atoms with Crippen LogP contribution in [-0.2, 0) is 20.5 Å². The van der Waals surface area contributed by atoms with Crippen LogP contribution in [0.4, 0.5) is 17.6 Å². The van der Waals surface area contributed by atoms with Gasteiger partial charge in [0.15, 0.2) is 5.96 Å². The van der Waals surface area contributed by atoms with Crippen molar-refractivity contribution in [2.24, 2.45) is 22.6 Å². The summed E-state index contributed by atoms with van der Waals surface area (Å²) in [6.45, 7) is 7.12. The van der Waals surface area contributed by atoms with Gasteiger partial charge in [-0.2, -0.15) is 13.2 Å². The van der Waals surface area contributed by atoms with Gasteiger partial charge < -0.3 is 20.5 Å². The van der Waals surface area contributed by atoms with Crippen molar-refractivity contribution in [3.05, 3.63) is 29.1 Å². The number of carbonyl (C=O) groups excluding carboxylic acids is 2. The summed E-state index contributed by atoms with van der Waals surface area (Å²) in [5, 5.41) is 2.77. The second-order valence-electron chi connectivity index (χ2n) is 11.5. The van der Waals surface area contributed by atoms with Crippen LogP contribution in [0.3, 0.4) is 0 Å². The van der Waals surface area contributed by atoms with Crippen molar-refractivity contribution in [3.8, 4) is 5.75 Å². The van der Waals surface area contributed by atoms with Gasteiger partial charge >= 0.3 is 6.18 Å². The number of alkyl halides is 3. The van der Waals surface area contributed by atoms with Gasteiger partial charge in [-0.15, -0.1) is 0 Å². The van der Waals surface area contributed by atoms with Crippen LogP contribution in [0.25, 0.3) is 0 Å². The first-order valence-corrected chi connectivity index (χ1v) is 12.6. The summed E-state index contributed by atoms with van der Waals surface area (Å²) < 4.78 is 66.6. The average molecular weight is 543 g/mol. The fourth-order valence-corrected chi connectivity index (χ4v) is 5.60. The Balaban J connectivity index is 1.57. The van der Waals surface area contributed by atoms with E-state index < -0.39 is 58.4 Å². The molecule has 3 N–H and O–H groups in total. The number of nitrogens with zero attached hydrogens (tertiary/aromatic N) is 2. The highest BCUT2D eigenvalue weighted by Crippen LogP contribution is 2.49. The first-order valence-electron chi connectivity index (χ1n) is 12.6.